The van der Waals surface area contributed by atoms with Gasteiger partial charge in [-0.05, 0) is 19.3 Å². The lowest BCUT2D eigenvalue weighted by atomic mass is 9.98. The van der Waals surface area contributed by atoms with Gasteiger partial charge >= 0.3 is 0 Å². The highest BCUT2D eigenvalue weighted by molar-refractivity contribution is 5.93. The maximum atomic E-state index is 13.8. The van der Waals surface area contributed by atoms with Gasteiger partial charge in [0.15, 0.2) is 11.5 Å². The Hall–Kier alpha value is -2.18. The lowest BCUT2D eigenvalue weighted by Crippen LogP contribution is -2.31. The van der Waals surface area contributed by atoms with E-state index >= 15 is 0 Å². The second-order valence-electron chi connectivity index (χ2n) is 6.36. The minimum Gasteiger partial charge on any atom is -0.344 e. The van der Waals surface area contributed by atoms with Crippen molar-refractivity contribution < 1.29 is 9.18 Å². The number of aryl methyl sites for hydroxylation is 2. The molecule has 0 saturated heterocycles. The van der Waals surface area contributed by atoms with Gasteiger partial charge in [-0.2, -0.15) is 5.10 Å². The van der Waals surface area contributed by atoms with E-state index in [-0.39, 0.29) is 11.7 Å². The first-order valence-electron chi connectivity index (χ1n) is 8.42. The predicted molar refractivity (Wildman–Crippen MR) is 90.0 cm³/mol. The van der Waals surface area contributed by atoms with Crippen LogP contribution in [0.5, 0.6) is 0 Å². The van der Waals surface area contributed by atoms with Crippen molar-refractivity contribution in [2.24, 2.45) is 13.0 Å². The smallest absolute Gasteiger partial charge is 0.273 e. The Kier molecular flexibility index (Phi) is 6.11. The van der Waals surface area contributed by atoms with Gasteiger partial charge in [-0.1, -0.05) is 33.1 Å². The summed E-state index contributed by atoms with van der Waals surface area (Å²) in [6.45, 7) is 6.26. The fraction of sp³-hybridized carbons (Fsp3) is 0.588. The van der Waals surface area contributed by atoms with Crippen molar-refractivity contribution in [3.63, 3.8) is 0 Å². The molecule has 0 aliphatic carbocycles. The van der Waals surface area contributed by atoms with Gasteiger partial charge in [-0.25, -0.2) is 9.37 Å². The molecule has 1 amide bonds. The molecule has 0 radical (unpaired) electrons. The number of rotatable bonds is 8. The molecule has 2 heterocycles. The zero-order valence-electron chi connectivity index (χ0n) is 14.8. The highest BCUT2D eigenvalue weighted by Crippen LogP contribution is 2.21. The van der Waals surface area contributed by atoms with Crippen molar-refractivity contribution in [1.29, 1.82) is 0 Å². The normalized spacial score (nSPS) is 13.7. The molecule has 6 nitrogen and oxygen atoms in total. The van der Waals surface area contributed by atoms with Crippen molar-refractivity contribution in [1.82, 2.24) is 25.1 Å². The molecule has 24 heavy (non-hydrogen) atoms. The maximum Gasteiger partial charge on any atom is 0.273 e. The van der Waals surface area contributed by atoms with Gasteiger partial charge in [0.2, 0.25) is 0 Å². The molecule has 0 bridgehead atoms. The Morgan fingerprint density at radius 3 is 2.71 bits per heavy atom. The summed E-state index contributed by atoms with van der Waals surface area (Å²) >= 11 is 0. The molecule has 0 aliphatic heterocycles. The van der Waals surface area contributed by atoms with Crippen LogP contribution in [0.2, 0.25) is 0 Å². The van der Waals surface area contributed by atoms with Crippen LogP contribution in [0, 0.1) is 18.7 Å². The quantitative estimate of drug-likeness (QED) is 0.777. The topological polar surface area (TPSA) is 75.6 Å². The van der Waals surface area contributed by atoms with Gasteiger partial charge in [0.05, 0.1) is 24.1 Å². The number of carbonyl (C=O) groups excluding carboxylic acids is 1. The monoisotopic (exact) mass is 335 g/mol. The third-order valence-corrected chi connectivity index (χ3v) is 4.40. The number of aromatic nitrogens is 4. The van der Waals surface area contributed by atoms with Crippen molar-refractivity contribution in [3.05, 3.63) is 35.4 Å². The summed E-state index contributed by atoms with van der Waals surface area (Å²) in [7, 11) is 1.55. The van der Waals surface area contributed by atoms with Crippen LogP contribution in [0.15, 0.2) is 12.4 Å². The Balaban J connectivity index is 2.09. The molecule has 132 valence electrons. The van der Waals surface area contributed by atoms with E-state index in [1.54, 1.807) is 13.2 Å². The Labute approximate surface area is 141 Å². The molecule has 2 N–H and O–H groups in total. The second kappa shape index (κ2) is 8.08. The highest BCUT2D eigenvalue weighted by Gasteiger charge is 2.22. The van der Waals surface area contributed by atoms with Crippen LogP contribution in [0.1, 0.15) is 67.6 Å². The van der Waals surface area contributed by atoms with Crippen LogP contribution in [0.4, 0.5) is 4.39 Å². The average molecular weight is 335 g/mol. The lowest BCUT2D eigenvalue weighted by Gasteiger charge is -2.18. The minimum absolute atomic E-state index is 0.0573. The van der Waals surface area contributed by atoms with Crippen molar-refractivity contribution in [2.75, 3.05) is 0 Å². The van der Waals surface area contributed by atoms with E-state index in [4.69, 9.17) is 0 Å². The highest BCUT2D eigenvalue weighted by atomic mass is 19.1. The van der Waals surface area contributed by atoms with Crippen LogP contribution in [0.25, 0.3) is 0 Å². The Bertz CT molecular complexity index is 659. The Morgan fingerprint density at radius 2 is 2.17 bits per heavy atom. The van der Waals surface area contributed by atoms with Gasteiger partial charge in [0.25, 0.3) is 5.91 Å². The molecule has 0 aromatic carbocycles. The first-order chi connectivity index (χ1) is 11.4. The van der Waals surface area contributed by atoms with Crippen LogP contribution in [-0.2, 0) is 7.05 Å². The molecule has 0 fully saturated rings. The number of amides is 1. The fourth-order valence-corrected chi connectivity index (χ4v) is 2.69. The zero-order chi connectivity index (χ0) is 17.7. The third-order valence-electron chi connectivity index (χ3n) is 4.40. The summed E-state index contributed by atoms with van der Waals surface area (Å²) < 4.78 is 15.0. The summed E-state index contributed by atoms with van der Waals surface area (Å²) in [6, 6.07) is -0.225. The van der Waals surface area contributed by atoms with Crippen molar-refractivity contribution in [2.45, 2.75) is 52.5 Å². The van der Waals surface area contributed by atoms with E-state index in [2.05, 4.69) is 34.2 Å². The Morgan fingerprint density at radius 1 is 1.42 bits per heavy atom. The first-order valence-corrected chi connectivity index (χ1v) is 8.42. The van der Waals surface area contributed by atoms with Gasteiger partial charge in [-0.3, -0.25) is 9.48 Å². The minimum atomic E-state index is -0.617. The summed E-state index contributed by atoms with van der Waals surface area (Å²) in [5, 5.41) is 6.69. The lowest BCUT2D eigenvalue weighted by molar-refractivity contribution is 0.0919. The third kappa shape index (κ3) is 4.43. The second-order valence-corrected chi connectivity index (χ2v) is 6.36. The molecule has 2 aromatic heterocycles. The van der Waals surface area contributed by atoms with Gasteiger partial charge in [0, 0.05) is 7.05 Å². The zero-order valence-corrected chi connectivity index (χ0v) is 14.8. The van der Waals surface area contributed by atoms with Crippen LogP contribution in [-0.4, -0.2) is 25.7 Å². The van der Waals surface area contributed by atoms with Crippen LogP contribution in [0.3, 0.4) is 0 Å². The maximum absolute atomic E-state index is 13.8. The predicted octanol–water partition coefficient (Wildman–Crippen LogP) is 3.28. The molecule has 2 aromatic rings. The first kappa shape index (κ1) is 18.2. The fourth-order valence-electron chi connectivity index (χ4n) is 2.69. The summed E-state index contributed by atoms with van der Waals surface area (Å²) in [6.07, 6.45) is 6.76. The van der Waals surface area contributed by atoms with Gasteiger partial charge in [-0.15, -0.1) is 0 Å². The molecule has 2 atom stereocenters. The van der Waals surface area contributed by atoms with E-state index in [9.17, 15) is 9.18 Å². The van der Waals surface area contributed by atoms with E-state index in [0.717, 1.165) is 43.4 Å². The number of H-pyrrole nitrogens is 1. The van der Waals surface area contributed by atoms with E-state index in [0.29, 0.717) is 5.92 Å². The molecular formula is C17H26FN5O. The number of hydrogen-bond donors (Lipinski definition) is 2. The van der Waals surface area contributed by atoms with Crippen LogP contribution >= 0.6 is 0 Å². The number of hydrogen-bond acceptors (Lipinski definition) is 3. The molecule has 0 aliphatic rings. The largest absolute Gasteiger partial charge is 0.344 e. The average Bonchev–Trinajstić information content (AvgIpc) is 3.11. The number of aromatic amines is 1. The molecule has 0 saturated carbocycles. The van der Waals surface area contributed by atoms with E-state index in [1.807, 2.05) is 6.92 Å². The summed E-state index contributed by atoms with van der Waals surface area (Å²) in [5.41, 5.74) is 0.783. The number of carbonyl (C=O) groups is 1. The molecule has 0 spiro atoms. The van der Waals surface area contributed by atoms with E-state index < -0.39 is 11.7 Å². The van der Waals surface area contributed by atoms with Gasteiger partial charge in [0.1, 0.15) is 5.82 Å². The van der Waals surface area contributed by atoms with E-state index in [1.165, 1.54) is 4.68 Å². The van der Waals surface area contributed by atoms with Crippen molar-refractivity contribution in [3.8, 4) is 0 Å². The molecule has 7 heteroatoms. The van der Waals surface area contributed by atoms with Crippen LogP contribution < -0.4 is 5.32 Å². The number of nitrogens with one attached hydrogen (secondary N) is 2. The standard InChI is InChI=1S/C17H26FN5O/c1-5-11(2)7-6-8-14(15-10-19-12(3)21-15)22-17(24)16-13(18)9-20-23(16)4/h9-11,14H,5-8H2,1-4H3,(H,19,21)(H,22,24). The molecule has 2 unspecified atom stereocenters. The summed E-state index contributed by atoms with van der Waals surface area (Å²) in [5.74, 6) is 0.361. The molecule has 2 rings (SSSR count). The van der Waals surface area contributed by atoms with Crippen molar-refractivity contribution >= 4 is 5.91 Å². The summed E-state index contributed by atoms with van der Waals surface area (Å²) in [4.78, 5) is 19.8. The number of imidazole rings is 1. The number of halogens is 1. The molecular weight excluding hydrogens is 309 g/mol. The SMILES string of the molecule is CCC(C)CCCC(NC(=O)c1c(F)cnn1C)c1cnc(C)[nH]1. The number of nitrogens with zero attached hydrogens (tertiary/aromatic N) is 3. The van der Waals surface area contributed by atoms with Gasteiger partial charge < -0.3 is 10.3 Å².